The maximum atomic E-state index is 14.4. The van der Waals surface area contributed by atoms with Gasteiger partial charge in [-0.3, -0.25) is 4.79 Å². The molecular weight excluding hydrogens is 567 g/mol. The van der Waals surface area contributed by atoms with Crippen molar-refractivity contribution in [3.05, 3.63) is 63.7 Å². The van der Waals surface area contributed by atoms with Crippen LogP contribution < -0.4 is 0 Å². The topological polar surface area (TPSA) is 64.4 Å². The molecule has 0 bridgehead atoms. The minimum absolute atomic E-state index is 0.0310. The number of nitrogens with zero attached hydrogens (tertiary/aromatic N) is 3. The van der Waals surface area contributed by atoms with E-state index in [0.717, 1.165) is 59.0 Å². The van der Waals surface area contributed by atoms with Gasteiger partial charge in [-0.15, -0.1) is 0 Å². The van der Waals surface area contributed by atoms with E-state index in [2.05, 4.69) is 12.1 Å². The lowest BCUT2D eigenvalue weighted by atomic mass is 9.61. The number of ether oxygens (including phenoxy) is 1. The van der Waals surface area contributed by atoms with Gasteiger partial charge in [0.25, 0.3) is 0 Å². The largest absolute Gasteiger partial charge is 0.447 e. The van der Waals surface area contributed by atoms with Crippen molar-refractivity contribution in [2.24, 2.45) is 5.41 Å². The smallest absolute Gasteiger partial charge is 0.410 e. The van der Waals surface area contributed by atoms with E-state index >= 15 is 0 Å². The van der Waals surface area contributed by atoms with Gasteiger partial charge in [0, 0.05) is 43.2 Å². The minimum atomic E-state index is -4.22. The second-order valence-electron chi connectivity index (χ2n) is 12.4. The summed E-state index contributed by atoms with van der Waals surface area (Å²) in [4.78, 5) is 33.5. The highest BCUT2D eigenvalue weighted by Crippen LogP contribution is 2.47. The first-order valence-corrected chi connectivity index (χ1v) is 15.2. The summed E-state index contributed by atoms with van der Waals surface area (Å²) in [6.45, 7) is 4.35. The number of aromatic nitrogens is 2. The lowest BCUT2D eigenvalue weighted by Gasteiger charge is -2.52. The van der Waals surface area contributed by atoms with Crippen molar-refractivity contribution in [2.45, 2.75) is 90.0 Å². The zero-order chi connectivity index (χ0) is 29.8. The van der Waals surface area contributed by atoms with Gasteiger partial charge in [-0.05, 0) is 86.4 Å². The number of imidazole rings is 1. The predicted octanol–water partition coefficient (Wildman–Crippen LogP) is 7.21. The molecule has 224 valence electrons. The van der Waals surface area contributed by atoms with Gasteiger partial charge in [0.15, 0.2) is 5.78 Å². The Morgan fingerprint density at radius 3 is 2.64 bits per heavy atom. The molecule has 1 amide bonds. The van der Waals surface area contributed by atoms with Gasteiger partial charge in [0.05, 0.1) is 23.1 Å². The van der Waals surface area contributed by atoms with Crippen molar-refractivity contribution in [1.82, 2.24) is 14.5 Å². The summed E-state index contributed by atoms with van der Waals surface area (Å²) in [5, 5.41) is 2.57. The Kier molecular flexibility index (Phi) is 7.52. The molecule has 6 nitrogen and oxygen atoms in total. The zero-order valence-corrected chi connectivity index (χ0v) is 24.7. The summed E-state index contributed by atoms with van der Waals surface area (Å²) < 4.78 is 46.5. The van der Waals surface area contributed by atoms with Crippen LogP contribution >= 0.6 is 11.6 Å². The van der Waals surface area contributed by atoms with Crippen LogP contribution in [0.15, 0.2) is 30.3 Å². The number of Topliss-reactive ketones (excluding diaryl/α,β-unsaturated/α-hetero) is 1. The number of carbonyl (C=O) groups excluding carboxylic acids is 2. The van der Waals surface area contributed by atoms with Crippen LogP contribution in [-0.4, -0.2) is 51.7 Å². The quantitative estimate of drug-likeness (QED) is 0.299. The second-order valence-corrected chi connectivity index (χ2v) is 12.8. The Morgan fingerprint density at radius 2 is 1.90 bits per heavy atom. The lowest BCUT2D eigenvalue weighted by molar-refractivity contribution is -0.140. The molecule has 42 heavy (non-hydrogen) atoms. The maximum absolute atomic E-state index is 14.4. The number of likely N-dealkylation sites (tertiary alicyclic amines) is 1. The third-order valence-electron chi connectivity index (χ3n) is 8.93. The van der Waals surface area contributed by atoms with E-state index < -0.39 is 30.0 Å². The Hall–Kier alpha value is -3.07. The van der Waals surface area contributed by atoms with Gasteiger partial charge in [0.1, 0.15) is 5.82 Å². The molecule has 0 N–H and O–H groups in total. The predicted molar refractivity (Wildman–Crippen MR) is 154 cm³/mol. The number of hydrogen-bond donors (Lipinski definition) is 0. The third-order valence-corrected chi connectivity index (χ3v) is 9.16. The first-order valence-electron chi connectivity index (χ1n) is 14.8. The summed E-state index contributed by atoms with van der Waals surface area (Å²) in [6, 6.07) is 9.81. The molecule has 1 saturated heterocycles. The number of carbonyl (C=O) groups is 2. The van der Waals surface area contributed by atoms with E-state index in [9.17, 15) is 22.8 Å². The van der Waals surface area contributed by atoms with Crippen molar-refractivity contribution in [3.8, 4) is 0 Å². The molecule has 1 aromatic heterocycles. The lowest BCUT2D eigenvalue weighted by Crippen LogP contribution is -2.65. The van der Waals surface area contributed by atoms with Crippen LogP contribution in [0, 0.1) is 5.41 Å². The standard InChI is InChI=1S/C32H35ClF3N3O3/c1-19(2)42-30(41)38-17-31(18-38)16-22-12-21-13-23(33)9-8-20(21)14-24(22)25(29(31)40)15-28-37-26-6-3-4-7-27(26)39(28)11-5-10-32(34,35)36/h8-9,12-14,19,25H,3-7,10-11,15-18H2,1-2H3. The Bertz CT molecular complexity index is 1540. The van der Waals surface area contributed by atoms with E-state index in [0.29, 0.717) is 23.7 Å². The molecule has 0 saturated carbocycles. The first kappa shape index (κ1) is 29.0. The Balaban J connectivity index is 1.37. The summed E-state index contributed by atoms with van der Waals surface area (Å²) in [5.74, 6) is 0.207. The van der Waals surface area contributed by atoms with E-state index in [1.54, 1.807) is 18.7 Å². The summed E-state index contributed by atoms with van der Waals surface area (Å²) in [5.41, 5.74) is 3.17. The van der Waals surface area contributed by atoms with Crippen molar-refractivity contribution < 1.29 is 27.5 Å². The average Bonchev–Trinajstić information content (AvgIpc) is 3.23. The molecule has 1 unspecified atom stereocenters. The van der Waals surface area contributed by atoms with Gasteiger partial charge in [-0.2, -0.15) is 13.2 Å². The molecule has 1 spiro atoms. The van der Waals surface area contributed by atoms with E-state index in [1.165, 1.54) is 0 Å². The van der Waals surface area contributed by atoms with E-state index in [-0.39, 0.29) is 37.9 Å². The number of aryl methyl sites for hydroxylation is 1. The van der Waals surface area contributed by atoms with Crippen LogP contribution in [0.4, 0.5) is 18.0 Å². The summed E-state index contributed by atoms with van der Waals surface area (Å²) in [7, 11) is 0. The zero-order valence-electron chi connectivity index (χ0n) is 23.9. The SMILES string of the molecule is CC(C)OC(=O)N1CC2(Cc3cc4cc(Cl)ccc4cc3C(Cc3nc4c(n3CCCC(F)(F)F)CCCC4)C2=O)C1. The highest BCUT2D eigenvalue weighted by atomic mass is 35.5. The fraction of sp³-hybridized carbons (Fsp3) is 0.531. The third kappa shape index (κ3) is 5.52. The molecule has 10 heteroatoms. The summed E-state index contributed by atoms with van der Waals surface area (Å²) in [6.07, 6.45) is -1.43. The highest BCUT2D eigenvalue weighted by molar-refractivity contribution is 6.31. The van der Waals surface area contributed by atoms with Gasteiger partial charge in [-0.25, -0.2) is 9.78 Å². The van der Waals surface area contributed by atoms with Gasteiger partial charge in [-0.1, -0.05) is 29.8 Å². The van der Waals surface area contributed by atoms with Crippen LogP contribution in [0.25, 0.3) is 10.8 Å². The molecule has 6 rings (SSSR count). The molecule has 1 fully saturated rings. The van der Waals surface area contributed by atoms with E-state index in [4.69, 9.17) is 21.3 Å². The molecule has 2 aromatic carbocycles. The monoisotopic (exact) mass is 601 g/mol. The number of rotatable bonds is 6. The van der Waals surface area contributed by atoms with Crippen molar-refractivity contribution in [3.63, 3.8) is 0 Å². The van der Waals surface area contributed by atoms with Crippen molar-refractivity contribution in [2.75, 3.05) is 13.1 Å². The summed E-state index contributed by atoms with van der Waals surface area (Å²) >= 11 is 6.29. The first-order chi connectivity index (χ1) is 19.9. The van der Waals surface area contributed by atoms with Crippen molar-refractivity contribution in [1.29, 1.82) is 0 Å². The van der Waals surface area contributed by atoms with Crippen LogP contribution in [0.1, 0.15) is 73.8 Å². The van der Waals surface area contributed by atoms with Crippen LogP contribution in [0.5, 0.6) is 0 Å². The number of benzene rings is 2. The van der Waals surface area contributed by atoms with Crippen LogP contribution in [-0.2, 0) is 41.8 Å². The highest BCUT2D eigenvalue weighted by Gasteiger charge is 2.56. The second kappa shape index (κ2) is 10.9. The van der Waals surface area contributed by atoms with Gasteiger partial charge >= 0.3 is 12.3 Å². The number of fused-ring (bicyclic) bond motifs is 3. The molecule has 1 aliphatic heterocycles. The fourth-order valence-electron chi connectivity index (χ4n) is 7.03. The molecule has 0 radical (unpaired) electrons. The number of amides is 1. The van der Waals surface area contributed by atoms with Crippen LogP contribution in [0.2, 0.25) is 5.02 Å². The molecule has 1 atom stereocenters. The molecule has 2 aliphatic carbocycles. The molecule has 3 aliphatic rings. The molecule has 2 heterocycles. The molecular formula is C32H35ClF3N3O3. The van der Waals surface area contributed by atoms with Gasteiger partial charge < -0.3 is 14.2 Å². The van der Waals surface area contributed by atoms with Crippen LogP contribution in [0.3, 0.4) is 0 Å². The Morgan fingerprint density at radius 1 is 1.14 bits per heavy atom. The fourth-order valence-corrected chi connectivity index (χ4v) is 7.21. The normalized spacial score (nSPS) is 19.6. The van der Waals surface area contributed by atoms with Crippen molar-refractivity contribution >= 4 is 34.2 Å². The van der Waals surface area contributed by atoms with E-state index in [1.807, 2.05) is 22.8 Å². The minimum Gasteiger partial charge on any atom is -0.447 e. The number of ketones is 1. The number of hydrogen-bond acceptors (Lipinski definition) is 4. The maximum Gasteiger partial charge on any atom is 0.410 e. The van der Waals surface area contributed by atoms with Gasteiger partial charge in [0.2, 0.25) is 0 Å². The average molecular weight is 602 g/mol. The number of alkyl halides is 3. The number of halogens is 4. The Labute approximate surface area is 248 Å². The molecule has 3 aromatic rings.